The van der Waals surface area contributed by atoms with Gasteiger partial charge in [-0.3, -0.25) is 0 Å². The van der Waals surface area contributed by atoms with Crippen LogP contribution < -0.4 is 15.4 Å². The number of rotatable bonds is 6. The molecule has 2 N–H and O–H groups in total. The first kappa shape index (κ1) is 16.9. The first-order chi connectivity index (χ1) is 12.1. The largest absolute Gasteiger partial charge is 0.494 e. The van der Waals surface area contributed by atoms with Crippen LogP contribution in [0.2, 0.25) is 5.02 Å². The van der Waals surface area contributed by atoms with E-state index in [4.69, 9.17) is 16.3 Å². The maximum absolute atomic E-state index is 13.2. The van der Waals surface area contributed by atoms with Gasteiger partial charge in [0, 0.05) is 11.4 Å². The minimum atomic E-state index is -0.481. The van der Waals surface area contributed by atoms with Gasteiger partial charge in [-0.1, -0.05) is 11.6 Å². The van der Waals surface area contributed by atoms with Gasteiger partial charge in [0.05, 0.1) is 17.8 Å². The molecular weight excluding hydrogens is 345 g/mol. The van der Waals surface area contributed by atoms with Crippen molar-refractivity contribution in [2.75, 3.05) is 17.2 Å². The number of nitrogens with zero attached hydrogens (tertiary/aromatic N) is 3. The molecule has 0 bridgehead atoms. The van der Waals surface area contributed by atoms with E-state index in [0.29, 0.717) is 24.1 Å². The van der Waals surface area contributed by atoms with E-state index in [1.54, 1.807) is 6.07 Å². The zero-order valence-electron chi connectivity index (χ0n) is 13.3. The van der Waals surface area contributed by atoms with Crippen molar-refractivity contribution in [3.8, 4) is 5.75 Å². The van der Waals surface area contributed by atoms with Gasteiger partial charge >= 0.3 is 0 Å². The van der Waals surface area contributed by atoms with Gasteiger partial charge in [-0.15, -0.1) is 5.10 Å². The molecule has 0 spiro atoms. The molecule has 1 heterocycles. The number of anilines is 4. The highest BCUT2D eigenvalue weighted by molar-refractivity contribution is 6.31. The quantitative estimate of drug-likeness (QED) is 0.672. The fourth-order valence-electron chi connectivity index (χ4n) is 2.07. The Morgan fingerprint density at radius 3 is 2.56 bits per heavy atom. The molecule has 0 saturated heterocycles. The Hall–Kier alpha value is -2.93. The Balaban J connectivity index is 1.71. The molecule has 2 aromatic carbocycles. The number of halogens is 2. The lowest BCUT2D eigenvalue weighted by molar-refractivity contribution is 0.340. The molecule has 0 fully saturated rings. The van der Waals surface area contributed by atoms with Crippen LogP contribution in [0.3, 0.4) is 0 Å². The van der Waals surface area contributed by atoms with E-state index in [1.807, 2.05) is 31.2 Å². The topological polar surface area (TPSA) is 72.0 Å². The van der Waals surface area contributed by atoms with Crippen LogP contribution in [0.5, 0.6) is 5.75 Å². The molecule has 0 radical (unpaired) electrons. The lowest BCUT2D eigenvalue weighted by atomic mass is 10.3. The van der Waals surface area contributed by atoms with Crippen LogP contribution in [0.25, 0.3) is 0 Å². The van der Waals surface area contributed by atoms with Crippen LogP contribution in [0.15, 0.2) is 48.7 Å². The van der Waals surface area contributed by atoms with E-state index in [2.05, 4.69) is 25.8 Å². The maximum Gasteiger partial charge on any atom is 0.249 e. The fourth-order valence-corrected chi connectivity index (χ4v) is 2.25. The molecule has 0 aliphatic rings. The Kier molecular flexibility index (Phi) is 5.25. The summed E-state index contributed by atoms with van der Waals surface area (Å²) in [4.78, 5) is 4.31. The molecule has 8 heteroatoms. The van der Waals surface area contributed by atoms with Crippen molar-refractivity contribution >= 4 is 34.7 Å². The molecular formula is C17H15ClFN5O. The van der Waals surface area contributed by atoms with Crippen LogP contribution in [-0.4, -0.2) is 21.8 Å². The minimum absolute atomic E-state index is 0.0275. The molecule has 0 atom stereocenters. The molecule has 6 nitrogen and oxygen atoms in total. The molecule has 25 heavy (non-hydrogen) atoms. The van der Waals surface area contributed by atoms with Crippen molar-refractivity contribution in [3.05, 3.63) is 59.5 Å². The summed E-state index contributed by atoms with van der Waals surface area (Å²) in [5, 5.41) is 13.9. The SMILES string of the molecule is CCOc1ccc(Nc2nncc(Nc3ccc(F)c(Cl)c3)n2)cc1. The van der Waals surface area contributed by atoms with Gasteiger partial charge in [0.15, 0.2) is 5.82 Å². The summed E-state index contributed by atoms with van der Waals surface area (Å²) >= 11 is 5.77. The highest BCUT2D eigenvalue weighted by Crippen LogP contribution is 2.22. The second-order valence-corrected chi connectivity index (χ2v) is 5.41. The summed E-state index contributed by atoms with van der Waals surface area (Å²) < 4.78 is 18.6. The van der Waals surface area contributed by atoms with Crippen molar-refractivity contribution in [3.63, 3.8) is 0 Å². The molecule has 3 rings (SSSR count). The Bertz CT molecular complexity index is 860. The van der Waals surface area contributed by atoms with E-state index in [-0.39, 0.29) is 5.02 Å². The third-order valence-electron chi connectivity index (χ3n) is 3.17. The van der Waals surface area contributed by atoms with Gasteiger partial charge in [-0.25, -0.2) is 4.39 Å². The summed E-state index contributed by atoms with van der Waals surface area (Å²) in [5.41, 5.74) is 1.39. The van der Waals surface area contributed by atoms with E-state index in [0.717, 1.165) is 11.4 Å². The van der Waals surface area contributed by atoms with Crippen LogP contribution in [0.4, 0.5) is 27.5 Å². The Morgan fingerprint density at radius 2 is 1.84 bits per heavy atom. The standard InChI is InChI=1S/C17H15ClFN5O/c1-2-25-13-6-3-11(4-7-13)22-17-23-16(10-20-24-17)21-12-5-8-15(19)14(18)9-12/h3-10H,2H2,1H3,(H2,21,22,23,24). The number of nitrogens with one attached hydrogen (secondary N) is 2. The second-order valence-electron chi connectivity index (χ2n) is 5.00. The molecule has 0 aliphatic heterocycles. The summed E-state index contributed by atoms with van der Waals surface area (Å²) in [7, 11) is 0. The van der Waals surface area contributed by atoms with Crippen LogP contribution in [-0.2, 0) is 0 Å². The number of ether oxygens (including phenoxy) is 1. The predicted octanol–water partition coefficient (Wildman–Crippen LogP) is 4.55. The average Bonchev–Trinajstić information content (AvgIpc) is 2.61. The molecule has 1 aromatic heterocycles. The highest BCUT2D eigenvalue weighted by Gasteiger charge is 2.05. The second kappa shape index (κ2) is 7.76. The number of benzene rings is 2. The van der Waals surface area contributed by atoms with Crippen molar-refractivity contribution in [2.45, 2.75) is 6.92 Å². The third-order valence-corrected chi connectivity index (χ3v) is 3.46. The minimum Gasteiger partial charge on any atom is -0.494 e. The van der Waals surface area contributed by atoms with Crippen LogP contribution >= 0.6 is 11.6 Å². The summed E-state index contributed by atoms with van der Waals surface area (Å²) in [6.45, 7) is 2.54. The zero-order chi connectivity index (χ0) is 17.6. The van der Waals surface area contributed by atoms with E-state index >= 15 is 0 Å². The molecule has 0 unspecified atom stereocenters. The Labute approximate surface area is 149 Å². The zero-order valence-corrected chi connectivity index (χ0v) is 14.1. The lowest BCUT2D eigenvalue weighted by Gasteiger charge is -2.09. The molecule has 0 saturated carbocycles. The Morgan fingerprint density at radius 1 is 1.08 bits per heavy atom. The van der Waals surface area contributed by atoms with E-state index in [1.165, 1.54) is 18.3 Å². The fraction of sp³-hybridized carbons (Fsp3) is 0.118. The van der Waals surface area contributed by atoms with Gasteiger partial charge in [0.1, 0.15) is 11.6 Å². The van der Waals surface area contributed by atoms with Crippen molar-refractivity contribution in [1.82, 2.24) is 15.2 Å². The summed E-state index contributed by atoms with van der Waals surface area (Å²) in [6, 6.07) is 11.7. The summed E-state index contributed by atoms with van der Waals surface area (Å²) in [6.07, 6.45) is 1.46. The normalized spacial score (nSPS) is 10.4. The first-order valence-corrected chi connectivity index (χ1v) is 7.93. The van der Waals surface area contributed by atoms with Crippen LogP contribution in [0.1, 0.15) is 6.92 Å². The smallest absolute Gasteiger partial charge is 0.249 e. The third kappa shape index (κ3) is 4.54. The molecule has 128 valence electrons. The first-order valence-electron chi connectivity index (χ1n) is 7.55. The van der Waals surface area contributed by atoms with Crippen molar-refractivity contribution in [1.29, 1.82) is 0 Å². The number of aromatic nitrogens is 3. The van der Waals surface area contributed by atoms with E-state index < -0.39 is 5.82 Å². The molecule has 0 amide bonds. The monoisotopic (exact) mass is 359 g/mol. The maximum atomic E-state index is 13.2. The number of hydrogen-bond acceptors (Lipinski definition) is 6. The predicted molar refractivity (Wildman–Crippen MR) is 95.4 cm³/mol. The summed E-state index contributed by atoms with van der Waals surface area (Å²) in [5.74, 6) is 1.08. The van der Waals surface area contributed by atoms with Gasteiger partial charge in [0.2, 0.25) is 5.95 Å². The van der Waals surface area contributed by atoms with Crippen molar-refractivity contribution < 1.29 is 9.13 Å². The van der Waals surface area contributed by atoms with Gasteiger partial charge in [-0.2, -0.15) is 10.1 Å². The van der Waals surface area contributed by atoms with E-state index in [9.17, 15) is 4.39 Å². The van der Waals surface area contributed by atoms with Crippen LogP contribution in [0, 0.1) is 5.82 Å². The molecule has 3 aromatic rings. The van der Waals surface area contributed by atoms with Gasteiger partial charge < -0.3 is 15.4 Å². The number of hydrogen-bond donors (Lipinski definition) is 2. The van der Waals surface area contributed by atoms with Crippen molar-refractivity contribution in [2.24, 2.45) is 0 Å². The average molecular weight is 360 g/mol. The molecule has 0 aliphatic carbocycles. The lowest BCUT2D eigenvalue weighted by Crippen LogP contribution is -2.02. The highest BCUT2D eigenvalue weighted by atomic mass is 35.5. The van der Waals surface area contributed by atoms with Gasteiger partial charge in [-0.05, 0) is 49.4 Å². The van der Waals surface area contributed by atoms with Gasteiger partial charge in [0.25, 0.3) is 0 Å².